The number of hydrogen-bond acceptors (Lipinski definition) is 4. The Balaban J connectivity index is 0.00000243. The first-order chi connectivity index (χ1) is 12.2. The zero-order valence-electron chi connectivity index (χ0n) is 15.1. The highest BCUT2D eigenvalue weighted by Gasteiger charge is 2.12. The van der Waals surface area contributed by atoms with Crippen LogP contribution in [0.15, 0.2) is 41.7 Å². The lowest BCUT2D eigenvalue weighted by atomic mass is 10.2. The summed E-state index contributed by atoms with van der Waals surface area (Å²) in [6.45, 7) is 5.20. The molecule has 1 aliphatic rings. The van der Waals surface area contributed by atoms with Crippen LogP contribution in [0.3, 0.4) is 0 Å². The summed E-state index contributed by atoms with van der Waals surface area (Å²) < 4.78 is 13.3. The van der Waals surface area contributed by atoms with Crippen LogP contribution < -0.4 is 20.1 Å². The number of aromatic nitrogens is 2. The van der Waals surface area contributed by atoms with Gasteiger partial charge in [-0.25, -0.2) is 0 Å². The molecule has 0 spiro atoms. The number of halogens is 1. The lowest BCUT2D eigenvalue weighted by molar-refractivity contribution is 0.297. The lowest BCUT2D eigenvalue weighted by Crippen LogP contribution is -2.35. The molecule has 0 saturated heterocycles. The van der Waals surface area contributed by atoms with Crippen LogP contribution in [0.2, 0.25) is 0 Å². The van der Waals surface area contributed by atoms with E-state index in [0.717, 1.165) is 42.7 Å². The van der Waals surface area contributed by atoms with Crippen LogP contribution in [-0.4, -0.2) is 42.5 Å². The first kappa shape index (κ1) is 20.3. The number of rotatable bonds is 5. The first-order valence-corrected chi connectivity index (χ1v) is 8.59. The van der Waals surface area contributed by atoms with Crippen molar-refractivity contribution in [2.45, 2.75) is 19.9 Å². The van der Waals surface area contributed by atoms with E-state index in [4.69, 9.17) is 9.47 Å². The average molecular weight is 471 g/mol. The van der Waals surface area contributed by atoms with Gasteiger partial charge in [0, 0.05) is 50.7 Å². The molecule has 0 radical (unpaired) electrons. The molecule has 0 fully saturated rings. The zero-order valence-corrected chi connectivity index (χ0v) is 17.5. The molecular formula is C18H26IN5O2. The third-order valence-corrected chi connectivity index (χ3v) is 3.91. The van der Waals surface area contributed by atoms with Crippen molar-refractivity contribution in [3.63, 3.8) is 0 Å². The first-order valence-electron chi connectivity index (χ1n) is 8.59. The van der Waals surface area contributed by atoms with Crippen molar-refractivity contribution >= 4 is 35.6 Å². The summed E-state index contributed by atoms with van der Waals surface area (Å²) in [6, 6.07) is 7.77. The van der Waals surface area contributed by atoms with Gasteiger partial charge in [-0.2, -0.15) is 5.10 Å². The maximum atomic E-state index is 5.73. The van der Waals surface area contributed by atoms with Crippen LogP contribution in [0, 0.1) is 5.92 Å². The van der Waals surface area contributed by atoms with E-state index < -0.39 is 0 Å². The van der Waals surface area contributed by atoms with Gasteiger partial charge in [-0.1, -0.05) is 6.92 Å². The Hall–Kier alpha value is -1.97. The Bertz CT molecular complexity index is 706. The highest BCUT2D eigenvalue weighted by Crippen LogP contribution is 2.32. The Kier molecular flexibility index (Phi) is 8.02. The standard InChI is InChI=1S/C18H25N5O2.HI/c1-14(13-23-8-3-7-21-23)12-20-18(19-2)22-15-5-6-16-17(11-15)25-10-4-9-24-16;/h3,5-8,11,14H,4,9-10,12-13H2,1-2H3,(H2,19,20,22);1H. The molecule has 1 aliphatic heterocycles. The highest BCUT2D eigenvalue weighted by atomic mass is 127. The lowest BCUT2D eigenvalue weighted by Gasteiger charge is -2.17. The van der Waals surface area contributed by atoms with Crippen molar-refractivity contribution in [2.75, 3.05) is 32.1 Å². The number of nitrogens with one attached hydrogen (secondary N) is 2. The number of nitrogens with zero attached hydrogens (tertiary/aromatic N) is 3. The minimum Gasteiger partial charge on any atom is -0.490 e. The maximum Gasteiger partial charge on any atom is 0.195 e. The molecule has 1 atom stereocenters. The van der Waals surface area contributed by atoms with Crippen LogP contribution >= 0.6 is 24.0 Å². The molecular weight excluding hydrogens is 445 g/mol. The molecule has 0 amide bonds. The number of ether oxygens (including phenoxy) is 2. The van der Waals surface area contributed by atoms with Crippen molar-refractivity contribution in [1.29, 1.82) is 0 Å². The summed E-state index contributed by atoms with van der Waals surface area (Å²) in [5.74, 6) is 2.70. The molecule has 3 rings (SSSR count). The van der Waals surface area contributed by atoms with Gasteiger partial charge < -0.3 is 20.1 Å². The monoisotopic (exact) mass is 471 g/mol. The van der Waals surface area contributed by atoms with E-state index in [0.29, 0.717) is 19.1 Å². The van der Waals surface area contributed by atoms with Gasteiger partial charge in [0.2, 0.25) is 0 Å². The Morgan fingerprint density at radius 2 is 2.12 bits per heavy atom. The second-order valence-electron chi connectivity index (χ2n) is 6.12. The average Bonchev–Trinajstić information content (AvgIpc) is 3.01. The number of benzene rings is 1. The summed E-state index contributed by atoms with van der Waals surface area (Å²) in [5, 5.41) is 10.9. The normalized spacial score (nSPS) is 14.8. The van der Waals surface area contributed by atoms with E-state index >= 15 is 0 Å². The van der Waals surface area contributed by atoms with Gasteiger partial charge in [-0.15, -0.1) is 24.0 Å². The second-order valence-corrected chi connectivity index (χ2v) is 6.12. The fraction of sp³-hybridized carbons (Fsp3) is 0.444. The molecule has 8 heteroatoms. The third kappa shape index (κ3) is 5.79. The number of hydrogen-bond donors (Lipinski definition) is 2. The minimum atomic E-state index is 0. The molecule has 2 N–H and O–H groups in total. The number of aliphatic imine (C=N–C) groups is 1. The molecule has 1 aromatic carbocycles. The van der Waals surface area contributed by atoms with Crippen LogP contribution in [0.1, 0.15) is 13.3 Å². The molecule has 0 bridgehead atoms. The SMILES string of the molecule is CN=C(NCC(C)Cn1cccn1)Nc1ccc2c(c1)OCCCO2.I. The minimum absolute atomic E-state index is 0. The highest BCUT2D eigenvalue weighted by molar-refractivity contribution is 14.0. The van der Waals surface area contributed by atoms with E-state index in [9.17, 15) is 0 Å². The van der Waals surface area contributed by atoms with Crippen molar-refractivity contribution in [3.05, 3.63) is 36.7 Å². The molecule has 7 nitrogen and oxygen atoms in total. The van der Waals surface area contributed by atoms with Crippen LogP contribution in [0.25, 0.3) is 0 Å². The van der Waals surface area contributed by atoms with Crippen molar-refractivity contribution in [3.8, 4) is 11.5 Å². The smallest absolute Gasteiger partial charge is 0.195 e. The van der Waals surface area contributed by atoms with Gasteiger partial charge in [0.05, 0.1) is 13.2 Å². The van der Waals surface area contributed by atoms with E-state index in [2.05, 4.69) is 27.6 Å². The van der Waals surface area contributed by atoms with Gasteiger partial charge in [0.15, 0.2) is 17.5 Å². The Morgan fingerprint density at radius 1 is 1.31 bits per heavy atom. The van der Waals surface area contributed by atoms with Gasteiger partial charge in [-0.05, 0) is 24.1 Å². The predicted octanol–water partition coefficient (Wildman–Crippen LogP) is 2.99. The molecule has 0 saturated carbocycles. The fourth-order valence-electron chi connectivity index (χ4n) is 2.62. The van der Waals surface area contributed by atoms with Crippen LogP contribution in [0.4, 0.5) is 5.69 Å². The summed E-state index contributed by atoms with van der Waals surface area (Å²) in [4.78, 5) is 4.28. The van der Waals surface area contributed by atoms with Gasteiger partial charge in [-0.3, -0.25) is 9.67 Å². The van der Waals surface area contributed by atoms with Crippen molar-refractivity contribution in [2.24, 2.45) is 10.9 Å². The van der Waals surface area contributed by atoms with Gasteiger partial charge >= 0.3 is 0 Å². The number of anilines is 1. The predicted molar refractivity (Wildman–Crippen MR) is 114 cm³/mol. The molecule has 142 valence electrons. The van der Waals surface area contributed by atoms with Crippen LogP contribution in [0.5, 0.6) is 11.5 Å². The quantitative estimate of drug-likeness (QED) is 0.399. The molecule has 26 heavy (non-hydrogen) atoms. The number of guanidine groups is 1. The van der Waals surface area contributed by atoms with Crippen molar-refractivity contribution in [1.82, 2.24) is 15.1 Å². The van der Waals surface area contributed by atoms with E-state index in [1.54, 1.807) is 13.2 Å². The molecule has 0 aliphatic carbocycles. The number of fused-ring (bicyclic) bond motifs is 1. The largest absolute Gasteiger partial charge is 0.490 e. The fourth-order valence-corrected chi connectivity index (χ4v) is 2.62. The second kappa shape index (κ2) is 10.2. The summed E-state index contributed by atoms with van der Waals surface area (Å²) in [6.07, 6.45) is 4.67. The Labute approximate surface area is 171 Å². The molecule has 1 aromatic heterocycles. The topological polar surface area (TPSA) is 72.7 Å². The van der Waals surface area contributed by atoms with Crippen LogP contribution in [-0.2, 0) is 6.54 Å². The maximum absolute atomic E-state index is 5.73. The zero-order chi connectivity index (χ0) is 17.5. The third-order valence-electron chi connectivity index (χ3n) is 3.91. The molecule has 2 heterocycles. The summed E-state index contributed by atoms with van der Waals surface area (Å²) in [5.41, 5.74) is 0.914. The molecule has 1 unspecified atom stereocenters. The van der Waals surface area contributed by atoms with E-state index in [1.807, 2.05) is 35.1 Å². The van der Waals surface area contributed by atoms with Gasteiger partial charge in [0.1, 0.15) is 0 Å². The summed E-state index contributed by atoms with van der Waals surface area (Å²) in [7, 11) is 1.76. The van der Waals surface area contributed by atoms with Crippen molar-refractivity contribution < 1.29 is 9.47 Å². The van der Waals surface area contributed by atoms with E-state index in [-0.39, 0.29) is 24.0 Å². The summed E-state index contributed by atoms with van der Waals surface area (Å²) >= 11 is 0. The molecule has 2 aromatic rings. The Morgan fingerprint density at radius 3 is 2.85 bits per heavy atom. The van der Waals surface area contributed by atoms with Gasteiger partial charge in [0.25, 0.3) is 0 Å². The van der Waals surface area contributed by atoms with E-state index in [1.165, 1.54) is 0 Å².